The number of nitrogens with one attached hydrogen (secondary N) is 1. The van der Waals surface area contributed by atoms with E-state index < -0.39 is 11.8 Å². The first-order valence-electron chi connectivity index (χ1n) is 6.08. The Morgan fingerprint density at radius 1 is 1.14 bits per heavy atom. The molecule has 0 aliphatic heterocycles. The van der Waals surface area contributed by atoms with E-state index >= 15 is 0 Å². The van der Waals surface area contributed by atoms with Gasteiger partial charge < -0.3 is 5.11 Å². The number of carboxylic acids is 1. The highest BCUT2D eigenvalue weighted by Crippen LogP contribution is 2.25. The van der Waals surface area contributed by atoms with Crippen molar-refractivity contribution in [2.75, 3.05) is 0 Å². The van der Waals surface area contributed by atoms with Crippen LogP contribution in [0.15, 0.2) is 47.3 Å². The summed E-state index contributed by atoms with van der Waals surface area (Å²) in [6, 6.07) is 10.2. The number of nitrogens with zero attached hydrogens (tertiary/aromatic N) is 1. The number of H-pyrrole nitrogens is 1. The Morgan fingerprint density at radius 3 is 2.57 bits per heavy atom. The van der Waals surface area contributed by atoms with Gasteiger partial charge in [-0.2, -0.15) is 5.10 Å². The van der Waals surface area contributed by atoms with Crippen LogP contribution in [0, 0.1) is 5.82 Å². The Hall–Kier alpha value is -3.02. The van der Waals surface area contributed by atoms with Crippen LogP contribution in [-0.4, -0.2) is 21.3 Å². The van der Waals surface area contributed by atoms with Gasteiger partial charge in [0.1, 0.15) is 5.82 Å². The molecule has 3 rings (SSSR count). The maximum absolute atomic E-state index is 13.6. The number of aromatic nitrogens is 2. The van der Waals surface area contributed by atoms with Crippen LogP contribution >= 0.6 is 0 Å². The summed E-state index contributed by atoms with van der Waals surface area (Å²) in [6.07, 6.45) is 0. The van der Waals surface area contributed by atoms with E-state index in [1.807, 2.05) is 0 Å². The van der Waals surface area contributed by atoms with E-state index in [-0.39, 0.29) is 11.1 Å². The number of carbonyl (C=O) groups is 1. The van der Waals surface area contributed by atoms with E-state index in [2.05, 4.69) is 10.2 Å². The number of hydrogen-bond acceptors (Lipinski definition) is 3. The molecule has 0 unspecified atom stereocenters. The molecule has 5 nitrogen and oxygen atoms in total. The molecule has 0 aliphatic rings. The van der Waals surface area contributed by atoms with Crippen molar-refractivity contribution in [1.82, 2.24) is 10.2 Å². The summed E-state index contributed by atoms with van der Waals surface area (Å²) in [7, 11) is 0. The smallest absolute Gasteiger partial charge is 0.335 e. The van der Waals surface area contributed by atoms with Crippen LogP contribution in [0.1, 0.15) is 10.4 Å². The molecule has 0 atom stereocenters. The number of fused-ring (bicyclic) bond motifs is 1. The molecule has 6 heteroatoms. The molecule has 0 spiro atoms. The zero-order chi connectivity index (χ0) is 15.0. The Balaban J connectivity index is 2.33. The third kappa shape index (κ3) is 2.27. The van der Waals surface area contributed by atoms with Crippen molar-refractivity contribution >= 4 is 16.7 Å². The maximum Gasteiger partial charge on any atom is 0.335 e. The molecule has 2 aromatic carbocycles. The van der Waals surface area contributed by atoms with Gasteiger partial charge in [0.2, 0.25) is 0 Å². The Kier molecular flexibility index (Phi) is 2.98. The topological polar surface area (TPSA) is 83.0 Å². The molecule has 104 valence electrons. The summed E-state index contributed by atoms with van der Waals surface area (Å²) in [6.45, 7) is 0. The van der Waals surface area contributed by atoms with Gasteiger partial charge in [-0.25, -0.2) is 14.3 Å². The molecule has 1 heterocycles. The number of halogens is 1. The number of rotatable bonds is 2. The molecule has 0 aliphatic carbocycles. The normalized spacial score (nSPS) is 10.7. The van der Waals surface area contributed by atoms with Crippen molar-refractivity contribution in [2.24, 2.45) is 0 Å². The molecule has 2 N–H and O–H groups in total. The monoisotopic (exact) mass is 284 g/mol. The summed E-state index contributed by atoms with van der Waals surface area (Å²) in [5, 5.41) is 16.2. The molecule has 0 bridgehead atoms. The average Bonchev–Trinajstić information content (AvgIpc) is 2.47. The quantitative estimate of drug-likeness (QED) is 0.757. The molecule has 0 saturated carbocycles. The van der Waals surface area contributed by atoms with E-state index in [1.54, 1.807) is 24.3 Å². The van der Waals surface area contributed by atoms with Crippen molar-refractivity contribution < 1.29 is 14.3 Å². The second-order valence-electron chi connectivity index (χ2n) is 4.48. The zero-order valence-corrected chi connectivity index (χ0v) is 10.6. The number of benzene rings is 2. The minimum Gasteiger partial charge on any atom is -0.478 e. The molecule has 3 aromatic rings. The lowest BCUT2D eigenvalue weighted by atomic mass is 10.0. The van der Waals surface area contributed by atoms with Gasteiger partial charge in [-0.3, -0.25) is 4.79 Å². The fourth-order valence-electron chi connectivity index (χ4n) is 2.18. The molecular weight excluding hydrogens is 275 g/mol. The van der Waals surface area contributed by atoms with Gasteiger partial charge in [0.05, 0.1) is 16.6 Å². The van der Waals surface area contributed by atoms with Crippen molar-refractivity contribution in [2.45, 2.75) is 0 Å². The van der Waals surface area contributed by atoms with E-state index in [4.69, 9.17) is 5.11 Å². The first-order chi connectivity index (χ1) is 10.1. The van der Waals surface area contributed by atoms with Crippen LogP contribution in [0.3, 0.4) is 0 Å². The SMILES string of the molecule is O=C(O)c1cc(F)cc(-c2n[nH]c(=O)c3ccccc23)c1. The van der Waals surface area contributed by atoms with E-state index in [9.17, 15) is 14.0 Å². The third-order valence-electron chi connectivity index (χ3n) is 3.11. The van der Waals surface area contributed by atoms with Crippen LogP contribution in [0.2, 0.25) is 0 Å². The van der Waals surface area contributed by atoms with Crippen LogP contribution in [0.5, 0.6) is 0 Å². The van der Waals surface area contributed by atoms with Crippen molar-refractivity contribution in [3.8, 4) is 11.3 Å². The Bertz CT molecular complexity index is 918. The van der Waals surface area contributed by atoms with E-state index in [0.717, 1.165) is 6.07 Å². The van der Waals surface area contributed by atoms with E-state index in [0.29, 0.717) is 22.0 Å². The van der Waals surface area contributed by atoms with Crippen LogP contribution in [0.25, 0.3) is 22.0 Å². The lowest BCUT2D eigenvalue weighted by molar-refractivity contribution is 0.0696. The van der Waals surface area contributed by atoms with Gasteiger partial charge in [0.15, 0.2) is 0 Å². The number of aromatic carboxylic acids is 1. The highest BCUT2D eigenvalue weighted by Gasteiger charge is 2.13. The fourth-order valence-corrected chi connectivity index (χ4v) is 2.18. The van der Waals surface area contributed by atoms with Gasteiger partial charge in [0, 0.05) is 10.9 Å². The maximum atomic E-state index is 13.6. The number of carboxylic acid groups (broad SMARTS) is 1. The molecular formula is C15H9FN2O3. The van der Waals surface area contributed by atoms with Crippen LogP contribution in [-0.2, 0) is 0 Å². The van der Waals surface area contributed by atoms with Crippen molar-refractivity contribution in [1.29, 1.82) is 0 Å². The van der Waals surface area contributed by atoms with Gasteiger partial charge in [-0.15, -0.1) is 0 Å². The molecule has 0 amide bonds. The summed E-state index contributed by atoms with van der Waals surface area (Å²) < 4.78 is 13.6. The molecule has 21 heavy (non-hydrogen) atoms. The van der Waals surface area contributed by atoms with Crippen LogP contribution in [0.4, 0.5) is 4.39 Å². The van der Waals surface area contributed by atoms with Crippen molar-refractivity contribution in [3.63, 3.8) is 0 Å². The molecule has 1 aromatic heterocycles. The highest BCUT2D eigenvalue weighted by molar-refractivity contribution is 5.95. The van der Waals surface area contributed by atoms with Gasteiger partial charge in [-0.1, -0.05) is 18.2 Å². The standard InChI is InChI=1S/C15H9FN2O3/c16-10-6-8(5-9(7-10)15(20)21)13-11-3-1-2-4-12(11)14(19)18-17-13/h1-7H,(H,18,19)(H,20,21). The average molecular weight is 284 g/mol. The summed E-state index contributed by atoms with van der Waals surface area (Å²) in [4.78, 5) is 22.7. The summed E-state index contributed by atoms with van der Waals surface area (Å²) in [5.41, 5.74) is 0.0818. The predicted molar refractivity (Wildman–Crippen MR) is 74.7 cm³/mol. The minimum absolute atomic E-state index is 0.179. The number of hydrogen-bond donors (Lipinski definition) is 2. The van der Waals surface area contributed by atoms with Crippen LogP contribution < -0.4 is 5.56 Å². The predicted octanol–water partition coefficient (Wildman–Crippen LogP) is 2.43. The second-order valence-corrected chi connectivity index (χ2v) is 4.48. The molecule has 0 saturated heterocycles. The van der Waals surface area contributed by atoms with Gasteiger partial charge in [-0.05, 0) is 24.3 Å². The van der Waals surface area contributed by atoms with E-state index in [1.165, 1.54) is 12.1 Å². The first kappa shape index (κ1) is 13.0. The summed E-state index contributed by atoms with van der Waals surface area (Å²) >= 11 is 0. The lowest BCUT2D eigenvalue weighted by Crippen LogP contribution is -2.09. The second kappa shape index (κ2) is 4.82. The first-order valence-corrected chi connectivity index (χ1v) is 6.08. The highest BCUT2D eigenvalue weighted by atomic mass is 19.1. The summed E-state index contributed by atoms with van der Waals surface area (Å²) in [5.74, 6) is -1.91. The number of aromatic amines is 1. The minimum atomic E-state index is -1.23. The largest absolute Gasteiger partial charge is 0.478 e. The Morgan fingerprint density at radius 2 is 1.86 bits per heavy atom. The molecule has 0 radical (unpaired) electrons. The Labute approximate surface area is 117 Å². The zero-order valence-electron chi connectivity index (χ0n) is 10.6. The van der Waals surface area contributed by atoms with Gasteiger partial charge >= 0.3 is 5.97 Å². The van der Waals surface area contributed by atoms with Gasteiger partial charge in [0.25, 0.3) is 5.56 Å². The third-order valence-corrected chi connectivity index (χ3v) is 3.11. The lowest BCUT2D eigenvalue weighted by Gasteiger charge is -2.06. The van der Waals surface area contributed by atoms with Crippen molar-refractivity contribution in [3.05, 3.63) is 64.2 Å². The fraction of sp³-hybridized carbons (Fsp3) is 0. The molecule has 0 fully saturated rings.